The van der Waals surface area contributed by atoms with Crippen molar-refractivity contribution in [2.24, 2.45) is 5.92 Å². The van der Waals surface area contributed by atoms with E-state index in [-0.39, 0.29) is 25.0 Å². The average molecular weight is 318 g/mol. The Kier molecular flexibility index (Phi) is 2.46. The van der Waals surface area contributed by atoms with E-state index in [1.807, 2.05) is 24.3 Å². The van der Waals surface area contributed by atoms with Gasteiger partial charge in [0.15, 0.2) is 0 Å². The van der Waals surface area contributed by atoms with Crippen LogP contribution >= 0.6 is 0 Å². The van der Waals surface area contributed by atoms with Gasteiger partial charge in [0.2, 0.25) is 11.8 Å². The molecule has 122 valence electrons. The molecule has 2 aliphatic heterocycles. The van der Waals surface area contributed by atoms with Crippen molar-refractivity contribution in [3.8, 4) is 0 Å². The molecular formula is C19H24N2O2. The number of hydrogen-bond acceptors (Lipinski definition) is 2. The lowest BCUT2D eigenvalue weighted by Gasteiger charge is -2.45. The molecule has 0 radical (unpaired) electrons. The minimum atomic E-state index is -2.69. The van der Waals surface area contributed by atoms with Gasteiger partial charge >= 0.3 is 0 Å². The highest BCUT2D eigenvalue weighted by Gasteiger charge is 2.39. The Morgan fingerprint density at radius 3 is 2.78 bits per heavy atom. The molecule has 2 amide bonds. The van der Waals surface area contributed by atoms with Crippen LogP contribution in [0.5, 0.6) is 0 Å². The van der Waals surface area contributed by atoms with E-state index in [1.165, 1.54) is 4.90 Å². The van der Waals surface area contributed by atoms with Gasteiger partial charge in [-0.2, -0.15) is 0 Å². The van der Waals surface area contributed by atoms with Crippen LogP contribution in [0.15, 0.2) is 24.3 Å². The van der Waals surface area contributed by atoms with Crippen molar-refractivity contribution in [3.05, 3.63) is 35.4 Å². The van der Waals surface area contributed by atoms with Gasteiger partial charge in [-0.3, -0.25) is 9.59 Å². The fraction of sp³-hybridized carbons (Fsp3) is 0.579. The standard InChI is InChI=1S/C19H24N2O2/c22-18-13-20(19(23)15-7-2-1-3-8-15)12-17-16-9-5-4-6-14(16)10-11-21(17)18/h4-6,9,15,17H,1-3,7-8,10-13H2/t17-/m0/s1/i1D2,2D2,3D2. The highest BCUT2D eigenvalue weighted by Crippen LogP contribution is 2.34. The van der Waals surface area contributed by atoms with Crippen LogP contribution in [-0.4, -0.2) is 41.2 Å². The van der Waals surface area contributed by atoms with Gasteiger partial charge in [0.25, 0.3) is 0 Å². The maximum atomic E-state index is 13.2. The molecule has 2 fully saturated rings. The molecule has 1 saturated carbocycles. The summed E-state index contributed by atoms with van der Waals surface area (Å²) in [6, 6.07) is 7.57. The molecule has 4 rings (SSSR count). The van der Waals surface area contributed by atoms with Gasteiger partial charge in [0.1, 0.15) is 0 Å². The van der Waals surface area contributed by atoms with E-state index in [0.717, 1.165) is 17.5 Å². The van der Waals surface area contributed by atoms with Crippen LogP contribution < -0.4 is 0 Å². The van der Waals surface area contributed by atoms with Crippen molar-refractivity contribution in [1.29, 1.82) is 0 Å². The molecule has 4 nitrogen and oxygen atoms in total. The molecule has 0 spiro atoms. The number of amides is 2. The zero-order valence-corrected chi connectivity index (χ0v) is 12.9. The van der Waals surface area contributed by atoms with E-state index < -0.39 is 43.8 Å². The van der Waals surface area contributed by atoms with Crippen molar-refractivity contribution in [2.45, 2.75) is 44.4 Å². The van der Waals surface area contributed by atoms with Crippen LogP contribution in [0.3, 0.4) is 0 Å². The first-order valence-corrected chi connectivity index (χ1v) is 8.11. The third kappa shape index (κ3) is 2.64. The van der Waals surface area contributed by atoms with Crippen molar-refractivity contribution in [1.82, 2.24) is 9.80 Å². The number of rotatable bonds is 1. The number of nitrogens with zero attached hydrogens (tertiary/aromatic N) is 2. The summed E-state index contributed by atoms with van der Waals surface area (Å²) < 4.78 is 47.8. The first kappa shape index (κ1) is 9.45. The molecule has 1 aliphatic carbocycles. The number of carbonyl (C=O) groups is 2. The SMILES string of the molecule is [2H]C1([2H])CC(C(=O)N2CC(=O)N3CCc4ccccc4[C@@H]3C2)CC([2H])([2H])C1([2H])[2H]. The second-order valence-corrected chi connectivity index (χ2v) is 6.35. The lowest BCUT2D eigenvalue weighted by molar-refractivity contribution is -0.152. The van der Waals surface area contributed by atoms with Crippen LogP contribution in [0.1, 0.15) is 57.4 Å². The molecule has 1 atom stereocenters. The fourth-order valence-electron chi connectivity index (χ4n) is 3.76. The van der Waals surface area contributed by atoms with Gasteiger partial charge in [-0.1, -0.05) is 43.4 Å². The van der Waals surface area contributed by atoms with Gasteiger partial charge in [0, 0.05) is 27.2 Å². The summed E-state index contributed by atoms with van der Waals surface area (Å²) in [5, 5.41) is 0. The highest BCUT2D eigenvalue weighted by molar-refractivity contribution is 5.87. The summed E-state index contributed by atoms with van der Waals surface area (Å²) in [4.78, 5) is 29.1. The Hall–Kier alpha value is -1.84. The topological polar surface area (TPSA) is 40.6 Å². The third-order valence-corrected chi connectivity index (χ3v) is 4.99. The molecule has 2 heterocycles. The van der Waals surface area contributed by atoms with E-state index in [1.54, 1.807) is 4.90 Å². The molecule has 1 aromatic rings. The zero-order chi connectivity index (χ0) is 21.2. The third-order valence-electron chi connectivity index (χ3n) is 4.99. The van der Waals surface area contributed by atoms with Crippen molar-refractivity contribution in [2.75, 3.05) is 19.6 Å². The summed E-state index contributed by atoms with van der Waals surface area (Å²) in [5.41, 5.74) is 2.16. The van der Waals surface area contributed by atoms with E-state index >= 15 is 0 Å². The molecule has 0 aromatic heterocycles. The number of carbonyl (C=O) groups excluding carboxylic acids is 2. The number of fused-ring (bicyclic) bond motifs is 3. The summed E-state index contributed by atoms with van der Waals surface area (Å²) in [5.74, 6) is -1.63. The van der Waals surface area contributed by atoms with Gasteiger partial charge in [0.05, 0.1) is 12.6 Å². The number of benzene rings is 1. The zero-order valence-electron chi connectivity index (χ0n) is 18.9. The Balaban J connectivity index is 1.58. The Morgan fingerprint density at radius 2 is 1.96 bits per heavy atom. The normalized spacial score (nSPS) is 35.5. The molecule has 1 saturated heterocycles. The first-order chi connectivity index (χ1) is 13.4. The highest BCUT2D eigenvalue weighted by atomic mass is 16.2. The number of piperazine rings is 1. The Bertz CT molecular complexity index is 839. The molecule has 4 heteroatoms. The molecule has 23 heavy (non-hydrogen) atoms. The minimum absolute atomic E-state index is 0.104. The summed E-state index contributed by atoms with van der Waals surface area (Å²) >= 11 is 0. The van der Waals surface area contributed by atoms with Gasteiger partial charge < -0.3 is 9.80 Å². The van der Waals surface area contributed by atoms with E-state index in [2.05, 4.69) is 0 Å². The molecule has 0 N–H and O–H groups in total. The van der Waals surface area contributed by atoms with E-state index in [0.29, 0.717) is 6.54 Å². The minimum Gasteiger partial charge on any atom is -0.332 e. The van der Waals surface area contributed by atoms with Crippen molar-refractivity contribution < 1.29 is 17.8 Å². The predicted octanol–water partition coefficient (Wildman–Crippen LogP) is 2.53. The Labute approximate surface area is 145 Å². The van der Waals surface area contributed by atoms with Crippen LogP contribution in [0.4, 0.5) is 0 Å². The van der Waals surface area contributed by atoms with Gasteiger partial charge in [-0.25, -0.2) is 0 Å². The monoisotopic (exact) mass is 318 g/mol. The molecule has 3 aliphatic rings. The fourth-order valence-corrected chi connectivity index (χ4v) is 3.76. The Morgan fingerprint density at radius 1 is 1.17 bits per heavy atom. The van der Waals surface area contributed by atoms with Crippen LogP contribution in [0, 0.1) is 5.92 Å². The van der Waals surface area contributed by atoms with E-state index in [9.17, 15) is 9.59 Å². The summed E-state index contributed by atoms with van der Waals surface area (Å²) in [7, 11) is 0. The number of hydrogen-bond donors (Lipinski definition) is 0. The maximum absolute atomic E-state index is 13.2. The molecular weight excluding hydrogens is 288 g/mol. The van der Waals surface area contributed by atoms with Gasteiger partial charge in [-0.15, -0.1) is 0 Å². The predicted molar refractivity (Wildman–Crippen MR) is 87.8 cm³/mol. The van der Waals surface area contributed by atoms with Crippen molar-refractivity contribution >= 4 is 11.8 Å². The summed E-state index contributed by atoms with van der Waals surface area (Å²) in [6.45, 7) is 0.779. The lowest BCUT2D eigenvalue weighted by atomic mass is 9.87. The second kappa shape index (κ2) is 5.99. The summed E-state index contributed by atoms with van der Waals surface area (Å²) in [6.07, 6.45) is -7.66. The second-order valence-electron chi connectivity index (χ2n) is 6.35. The van der Waals surface area contributed by atoms with Crippen LogP contribution in [-0.2, 0) is 16.0 Å². The first-order valence-electron chi connectivity index (χ1n) is 11.1. The average Bonchev–Trinajstić information content (AvgIpc) is 2.65. The smallest absolute Gasteiger partial charge is 0.242 e. The largest absolute Gasteiger partial charge is 0.332 e. The van der Waals surface area contributed by atoms with Crippen LogP contribution in [0.2, 0.25) is 0 Å². The maximum Gasteiger partial charge on any atom is 0.242 e. The quantitative estimate of drug-likeness (QED) is 0.798. The molecule has 1 aromatic carbocycles. The van der Waals surface area contributed by atoms with Crippen molar-refractivity contribution in [3.63, 3.8) is 0 Å². The molecule has 0 unspecified atom stereocenters. The molecule has 0 bridgehead atoms. The lowest BCUT2D eigenvalue weighted by Crippen LogP contribution is -2.56. The van der Waals surface area contributed by atoms with E-state index in [4.69, 9.17) is 8.22 Å². The van der Waals surface area contributed by atoms with Crippen LogP contribution in [0.25, 0.3) is 0 Å². The van der Waals surface area contributed by atoms with Gasteiger partial charge in [-0.05, 0) is 30.4 Å².